The smallest absolute Gasteiger partial charge is 0.274 e. The molecule has 2 aromatic carbocycles. The molecule has 0 atom stereocenters. The molecule has 0 fully saturated rings. The van der Waals surface area contributed by atoms with E-state index < -0.39 is 17.4 Å². The van der Waals surface area contributed by atoms with Crippen LogP contribution in [0.15, 0.2) is 53.3 Å². The Labute approximate surface area is 215 Å². The van der Waals surface area contributed by atoms with Crippen LogP contribution in [0.25, 0.3) is 4.96 Å². The number of carbonyl (C=O) groups is 2. The molecule has 35 heavy (non-hydrogen) atoms. The lowest BCUT2D eigenvalue weighted by Crippen LogP contribution is -2.25. The molecule has 0 aliphatic heterocycles. The summed E-state index contributed by atoms with van der Waals surface area (Å²) in [5, 5.41) is 6.20. The van der Waals surface area contributed by atoms with E-state index in [-0.39, 0.29) is 15.5 Å². The Morgan fingerprint density at radius 2 is 1.60 bits per heavy atom. The second kappa shape index (κ2) is 10.6. The van der Waals surface area contributed by atoms with Gasteiger partial charge in [0.15, 0.2) is 4.96 Å². The lowest BCUT2D eigenvalue weighted by atomic mass is 10.1. The summed E-state index contributed by atoms with van der Waals surface area (Å²) >= 11 is 13.1. The molecule has 0 bridgehead atoms. The van der Waals surface area contributed by atoms with Crippen LogP contribution < -0.4 is 16.2 Å². The molecule has 0 spiro atoms. The van der Waals surface area contributed by atoms with E-state index in [1.54, 1.807) is 18.2 Å². The van der Waals surface area contributed by atoms with Gasteiger partial charge in [0, 0.05) is 33.2 Å². The first-order valence-electron chi connectivity index (χ1n) is 11.0. The summed E-state index contributed by atoms with van der Waals surface area (Å²) in [6.07, 6.45) is 2.28. The quantitative estimate of drug-likeness (QED) is 0.303. The predicted octanol–water partition coefficient (Wildman–Crippen LogP) is 6.08. The molecular weight excluding hydrogens is 507 g/mol. The Balaban J connectivity index is 1.79. The summed E-state index contributed by atoms with van der Waals surface area (Å²) in [6, 6.07) is 13.4. The van der Waals surface area contributed by atoms with Gasteiger partial charge < -0.3 is 10.6 Å². The lowest BCUT2D eigenvalue weighted by molar-refractivity contribution is 0.0989. The van der Waals surface area contributed by atoms with Gasteiger partial charge in [-0.3, -0.25) is 14.4 Å². The highest BCUT2D eigenvalue weighted by Gasteiger charge is 2.26. The van der Waals surface area contributed by atoms with Gasteiger partial charge in [-0.15, -0.1) is 0 Å². The van der Waals surface area contributed by atoms with Crippen LogP contribution in [0.3, 0.4) is 0 Å². The van der Waals surface area contributed by atoms with Crippen molar-refractivity contribution in [2.45, 2.75) is 33.1 Å². The van der Waals surface area contributed by atoms with Crippen molar-refractivity contribution in [2.24, 2.45) is 0 Å². The molecule has 180 valence electrons. The van der Waals surface area contributed by atoms with Gasteiger partial charge >= 0.3 is 0 Å². The standard InChI is InChI=1S/C25H22Cl2N4O3S/c1-3-5-18-13-20(32)31-21(23(33)28-17-8-6-14(4-2)7-9-17)22(35-25(31)30-18)24(34)29-19-11-15(26)10-16(27)12-19/h6-13H,3-5H2,1-2H3,(H,28,33)(H,29,34). The van der Waals surface area contributed by atoms with Crippen molar-refractivity contribution in [2.75, 3.05) is 10.6 Å². The number of carbonyl (C=O) groups excluding carboxylic acids is 2. The molecule has 2 amide bonds. The zero-order valence-corrected chi connectivity index (χ0v) is 21.4. The number of hydrogen-bond acceptors (Lipinski definition) is 5. The minimum Gasteiger partial charge on any atom is -0.321 e. The van der Waals surface area contributed by atoms with Crippen LogP contribution in [0.4, 0.5) is 11.4 Å². The minimum absolute atomic E-state index is 0.0435. The van der Waals surface area contributed by atoms with Crippen LogP contribution in [-0.4, -0.2) is 21.2 Å². The molecule has 0 saturated carbocycles. The van der Waals surface area contributed by atoms with Crippen molar-refractivity contribution < 1.29 is 9.59 Å². The number of halogens is 2. The van der Waals surface area contributed by atoms with Crippen LogP contribution in [0.1, 0.15) is 51.7 Å². The van der Waals surface area contributed by atoms with E-state index in [1.165, 1.54) is 22.6 Å². The van der Waals surface area contributed by atoms with Gasteiger partial charge in [-0.25, -0.2) is 9.38 Å². The van der Waals surface area contributed by atoms with Crippen molar-refractivity contribution in [1.82, 2.24) is 9.38 Å². The number of nitrogens with zero attached hydrogens (tertiary/aromatic N) is 2. The fourth-order valence-electron chi connectivity index (χ4n) is 3.59. The highest BCUT2D eigenvalue weighted by Crippen LogP contribution is 2.27. The number of benzene rings is 2. The number of hydrogen-bond donors (Lipinski definition) is 2. The molecule has 0 aliphatic carbocycles. The number of aromatic nitrogens is 2. The molecule has 0 aliphatic rings. The maximum atomic E-state index is 13.4. The topological polar surface area (TPSA) is 92.6 Å². The van der Waals surface area contributed by atoms with Crippen molar-refractivity contribution >= 4 is 62.7 Å². The number of amides is 2. The average molecular weight is 529 g/mol. The van der Waals surface area contributed by atoms with Crippen molar-refractivity contribution in [3.63, 3.8) is 0 Å². The summed E-state index contributed by atoms with van der Waals surface area (Å²) in [6.45, 7) is 4.02. The van der Waals surface area contributed by atoms with E-state index in [9.17, 15) is 14.4 Å². The van der Waals surface area contributed by atoms with E-state index in [2.05, 4.69) is 15.6 Å². The zero-order valence-electron chi connectivity index (χ0n) is 19.0. The maximum absolute atomic E-state index is 13.4. The molecule has 2 aromatic heterocycles. The van der Waals surface area contributed by atoms with Gasteiger partial charge in [0.2, 0.25) is 0 Å². The molecule has 2 N–H and O–H groups in total. The third kappa shape index (κ3) is 5.56. The van der Waals surface area contributed by atoms with Gasteiger partial charge in [-0.1, -0.05) is 66.9 Å². The molecule has 4 aromatic rings. The van der Waals surface area contributed by atoms with Crippen LogP contribution in [-0.2, 0) is 12.8 Å². The first-order chi connectivity index (χ1) is 16.8. The molecule has 0 unspecified atom stereocenters. The second-order valence-corrected chi connectivity index (χ2v) is 9.70. The molecular formula is C25H22Cl2N4O3S. The fraction of sp³-hybridized carbons (Fsp3) is 0.200. The zero-order chi connectivity index (χ0) is 25.1. The number of fused-ring (bicyclic) bond motifs is 1. The number of aryl methyl sites for hydroxylation is 2. The number of nitrogens with one attached hydrogen (secondary N) is 2. The Morgan fingerprint density at radius 1 is 0.943 bits per heavy atom. The van der Waals surface area contributed by atoms with Crippen LogP contribution in [0, 0.1) is 0 Å². The van der Waals surface area contributed by atoms with Crippen molar-refractivity contribution in [3.05, 3.63) is 90.8 Å². The third-order valence-electron chi connectivity index (χ3n) is 5.24. The van der Waals surface area contributed by atoms with Crippen molar-refractivity contribution in [1.29, 1.82) is 0 Å². The summed E-state index contributed by atoms with van der Waals surface area (Å²) in [7, 11) is 0. The monoisotopic (exact) mass is 528 g/mol. The first-order valence-corrected chi connectivity index (χ1v) is 12.6. The molecule has 10 heteroatoms. The van der Waals surface area contributed by atoms with Crippen LogP contribution in [0.5, 0.6) is 0 Å². The van der Waals surface area contributed by atoms with Crippen molar-refractivity contribution in [3.8, 4) is 0 Å². The van der Waals surface area contributed by atoms with E-state index in [1.807, 2.05) is 26.0 Å². The number of rotatable bonds is 7. The second-order valence-electron chi connectivity index (χ2n) is 7.85. The Kier molecular flexibility index (Phi) is 7.54. The molecule has 0 radical (unpaired) electrons. The Hall–Kier alpha value is -3.20. The predicted molar refractivity (Wildman–Crippen MR) is 142 cm³/mol. The number of anilines is 2. The van der Waals surface area contributed by atoms with Crippen LogP contribution >= 0.6 is 34.5 Å². The minimum atomic E-state index is -0.595. The van der Waals surface area contributed by atoms with Crippen LogP contribution in [0.2, 0.25) is 10.0 Å². The van der Waals surface area contributed by atoms with Gasteiger partial charge in [-0.2, -0.15) is 0 Å². The Bertz CT molecular complexity index is 1460. The normalized spacial score (nSPS) is 11.0. The highest BCUT2D eigenvalue weighted by molar-refractivity contribution is 7.19. The van der Waals surface area contributed by atoms with Gasteiger partial charge in [-0.05, 0) is 48.7 Å². The van der Waals surface area contributed by atoms with Gasteiger partial charge in [0.1, 0.15) is 10.6 Å². The maximum Gasteiger partial charge on any atom is 0.274 e. The summed E-state index contributed by atoms with van der Waals surface area (Å²) < 4.78 is 1.18. The average Bonchev–Trinajstić information content (AvgIpc) is 3.19. The van der Waals surface area contributed by atoms with Gasteiger partial charge in [0.25, 0.3) is 17.4 Å². The molecule has 7 nitrogen and oxygen atoms in total. The first kappa shape index (κ1) is 24.9. The molecule has 0 saturated heterocycles. The molecule has 4 rings (SSSR count). The van der Waals surface area contributed by atoms with E-state index in [0.29, 0.717) is 33.5 Å². The van der Waals surface area contributed by atoms with E-state index in [4.69, 9.17) is 23.2 Å². The summed E-state index contributed by atoms with van der Waals surface area (Å²) in [5.41, 5.74) is 2.12. The highest BCUT2D eigenvalue weighted by atomic mass is 35.5. The Morgan fingerprint density at radius 3 is 2.23 bits per heavy atom. The SMILES string of the molecule is CCCc1cc(=O)n2c(C(=O)Nc3ccc(CC)cc3)c(C(=O)Nc3cc(Cl)cc(Cl)c3)sc2n1. The largest absolute Gasteiger partial charge is 0.321 e. The fourth-order valence-corrected chi connectivity index (χ4v) is 5.16. The number of thiazole rings is 1. The molecule has 2 heterocycles. The van der Waals surface area contributed by atoms with E-state index >= 15 is 0 Å². The third-order valence-corrected chi connectivity index (χ3v) is 6.72. The van der Waals surface area contributed by atoms with Gasteiger partial charge in [0.05, 0.1) is 0 Å². The lowest BCUT2D eigenvalue weighted by Gasteiger charge is -2.09. The van der Waals surface area contributed by atoms with E-state index in [0.717, 1.165) is 29.7 Å². The summed E-state index contributed by atoms with van der Waals surface area (Å²) in [4.78, 5) is 44.5. The summed E-state index contributed by atoms with van der Waals surface area (Å²) in [5.74, 6) is -1.18.